The summed E-state index contributed by atoms with van der Waals surface area (Å²) < 4.78 is 5.30. The molecule has 0 saturated heterocycles. The van der Waals surface area contributed by atoms with E-state index in [1.165, 1.54) is 0 Å². The smallest absolute Gasteiger partial charge is 0.121 e. The Morgan fingerprint density at radius 3 is 2.70 bits per heavy atom. The molecule has 4 aromatic rings. The highest BCUT2D eigenvalue weighted by atomic mass is 16.5. The van der Waals surface area contributed by atoms with Gasteiger partial charge in [0.1, 0.15) is 17.1 Å². The molecule has 5 heteroatoms. The van der Waals surface area contributed by atoms with Gasteiger partial charge in [-0.2, -0.15) is 15.4 Å². The van der Waals surface area contributed by atoms with Crippen LogP contribution in [0.25, 0.3) is 33.4 Å². The maximum atomic E-state index is 5.30. The monoisotopic (exact) mass is 302 g/mol. The van der Waals surface area contributed by atoms with Crippen molar-refractivity contribution in [2.45, 2.75) is 0 Å². The van der Waals surface area contributed by atoms with Crippen LogP contribution in [-0.2, 0) is 0 Å². The highest BCUT2D eigenvalue weighted by molar-refractivity contribution is 5.96. The highest BCUT2D eigenvalue weighted by Crippen LogP contribution is 2.33. The van der Waals surface area contributed by atoms with Crippen molar-refractivity contribution >= 4 is 10.9 Å². The number of H-pyrrole nitrogens is 1. The first-order valence-corrected chi connectivity index (χ1v) is 7.26. The van der Waals surface area contributed by atoms with Crippen LogP contribution in [0.5, 0.6) is 5.75 Å². The number of nitrogens with one attached hydrogen (secondary N) is 1. The Morgan fingerprint density at radius 1 is 0.913 bits per heavy atom. The van der Waals surface area contributed by atoms with Crippen LogP contribution in [0.2, 0.25) is 0 Å². The molecule has 2 heterocycles. The Balaban J connectivity index is 1.92. The Hall–Kier alpha value is -3.21. The highest BCUT2D eigenvalue weighted by Gasteiger charge is 2.15. The zero-order valence-corrected chi connectivity index (χ0v) is 12.5. The molecule has 0 amide bonds. The second kappa shape index (κ2) is 5.53. The zero-order chi connectivity index (χ0) is 15.6. The Labute approximate surface area is 133 Å². The van der Waals surface area contributed by atoms with E-state index in [9.17, 15) is 0 Å². The van der Waals surface area contributed by atoms with E-state index in [4.69, 9.17) is 4.74 Å². The van der Waals surface area contributed by atoms with Crippen molar-refractivity contribution in [1.82, 2.24) is 20.4 Å². The maximum absolute atomic E-state index is 5.30. The molecule has 112 valence electrons. The van der Waals surface area contributed by atoms with Crippen LogP contribution >= 0.6 is 0 Å². The molecule has 0 radical (unpaired) electrons. The summed E-state index contributed by atoms with van der Waals surface area (Å²) in [6.45, 7) is 0. The van der Waals surface area contributed by atoms with Crippen molar-refractivity contribution in [2.24, 2.45) is 0 Å². The largest absolute Gasteiger partial charge is 0.497 e. The van der Waals surface area contributed by atoms with Gasteiger partial charge in [0.25, 0.3) is 0 Å². The van der Waals surface area contributed by atoms with Gasteiger partial charge in [0, 0.05) is 22.7 Å². The van der Waals surface area contributed by atoms with Crippen molar-refractivity contribution in [3.8, 4) is 28.3 Å². The first-order valence-electron chi connectivity index (χ1n) is 7.26. The Bertz CT molecular complexity index is 972. The van der Waals surface area contributed by atoms with E-state index >= 15 is 0 Å². The van der Waals surface area contributed by atoms with E-state index in [2.05, 4.69) is 20.4 Å². The number of aromatic amines is 1. The van der Waals surface area contributed by atoms with Crippen LogP contribution in [0, 0.1) is 0 Å². The van der Waals surface area contributed by atoms with Gasteiger partial charge in [0.15, 0.2) is 0 Å². The molecule has 2 aromatic heterocycles. The predicted octanol–water partition coefficient (Wildman–Crippen LogP) is 3.70. The van der Waals surface area contributed by atoms with Gasteiger partial charge < -0.3 is 4.74 Å². The summed E-state index contributed by atoms with van der Waals surface area (Å²) in [5, 5.41) is 12.5. The average molecular weight is 302 g/mol. The van der Waals surface area contributed by atoms with Gasteiger partial charge in [0.2, 0.25) is 0 Å². The van der Waals surface area contributed by atoms with Gasteiger partial charge in [-0.05, 0) is 24.3 Å². The fourth-order valence-corrected chi connectivity index (χ4v) is 2.69. The summed E-state index contributed by atoms with van der Waals surface area (Å²) in [7, 11) is 1.65. The summed E-state index contributed by atoms with van der Waals surface area (Å²) >= 11 is 0. The van der Waals surface area contributed by atoms with Crippen LogP contribution < -0.4 is 4.74 Å². The van der Waals surface area contributed by atoms with Crippen molar-refractivity contribution < 1.29 is 4.74 Å². The summed E-state index contributed by atoms with van der Waals surface area (Å²) in [6.07, 6.45) is 1.79. The second-order valence-corrected chi connectivity index (χ2v) is 5.13. The lowest BCUT2D eigenvalue weighted by Gasteiger charge is -2.06. The lowest BCUT2D eigenvalue weighted by atomic mass is 10.0. The normalized spacial score (nSPS) is 10.8. The number of benzene rings is 2. The van der Waals surface area contributed by atoms with E-state index in [-0.39, 0.29) is 0 Å². The average Bonchev–Trinajstić information content (AvgIpc) is 3.11. The van der Waals surface area contributed by atoms with E-state index in [1.807, 2.05) is 54.6 Å². The SMILES string of the molecule is COc1cccc(-c2n[nH]nc2-c2ccnc3ccccc23)c1. The minimum atomic E-state index is 0.788. The Kier molecular flexibility index (Phi) is 3.24. The summed E-state index contributed by atoms with van der Waals surface area (Å²) in [5.74, 6) is 0.788. The van der Waals surface area contributed by atoms with Gasteiger partial charge in [-0.25, -0.2) is 0 Å². The molecule has 0 fully saturated rings. The molecule has 0 atom stereocenters. The molecule has 1 N–H and O–H groups in total. The third-order valence-electron chi connectivity index (χ3n) is 3.80. The Morgan fingerprint density at radius 2 is 1.78 bits per heavy atom. The van der Waals surface area contributed by atoms with Gasteiger partial charge in [-0.1, -0.05) is 30.3 Å². The number of hydrogen-bond donors (Lipinski definition) is 1. The number of aromatic nitrogens is 4. The number of para-hydroxylation sites is 1. The lowest BCUT2D eigenvalue weighted by Crippen LogP contribution is -1.88. The van der Waals surface area contributed by atoms with E-state index in [1.54, 1.807) is 13.3 Å². The molecule has 23 heavy (non-hydrogen) atoms. The molecule has 0 spiro atoms. The van der Waals surface area contributed by atoms with Crippen LogP contribution in [0.3, 0.4) is 0 Å². The predicted molar refractivity (Wildman–Crippen MR) is 89.1 cm³/mol. The molecule has 0 unspecified atom stereocenters. The van der Waals surface area contributed by atoms with Crippen LogP contribution in [0.15, 0.2) is 60.8 Å². The third kappa shape index (κ3) is 2.32. The third-order valence-corrected chi connectivity index (χ3v) is 3.80. The topological polar surface area (TPSA) is 63.7 Å². The summed E-state index contributed by atoms with van der Waals surface area (Å²) in [4.78, 5) is 4.40. The zero-order valence-electron chi connectivity index (χ0n) is 12.5. The van der Waals surface area contributed by atoms with Crippen molar-refractivity contribution in [1.29, 1.82) is 0 Å². The molecule has 0 saturated carbocycles. The quantitative estimate of drug-likeness (QED) is 0.627. The number of hydrogen-bond acceptors (Lipinski definition) is 4. The van der Waals surface area contributed by atoms with E-state index in [0.717, 1.165) is 39.2 Å². The molecule has 0 aliphatic heterocycles. The van der Waals surface area contributed by atoms with Crippen molar-refractivity contribution in [3.63, 3.8) is 0 Å². The standard InChI is InChI=1S/C18H14N4O/c1-23-13-6-4-5-12(11-13)17-18(21-22-20-17)15-9-10-19-16-8-3-2-7-14(15)16/h2-11H,1H3,(H,20,21,22). The van der Waals surface area contributed by atoms with Gasteiger partial charge >= 0.3 is 0 Å². The first kappa shape index (κ1) is 13.5. The second-order valence-electron chi connectivity index (χ2n) is 5.13. The summed E-state index contributed by atoms with van der Waals surface area (Å²) in [5.41, 5.74) is 4.48. The molecular formula is C18H14N4O. The van der Waals surface area contributed by atoms with Crippen molar-refractivity contribution in [3.05, 3.63) is 60.8 Å². The minimum Gasteiger partial charge on any atom is -0.497 e. The number of pyridine rings is 1. The number of rotatable bonds is 3. The number of ether oxygens (including phenoxy) is 1. The van der Waals surface area contributed by atoms with Crippen LogP contribution in [0.4, 0.5) is 0 Å². The van der Waals surface area contributed by atoms with Gasteiger partial charge in [0.05, 0.1) is 12.6 Å². The number of fused-ring (bicyclic) bond motifs is 1. The van der Waals surface area contributed by atoms with E-state index < -0.39 is 0 Å². The molecule has 4 rings (SSSR count). The number of nitrogens with zero attached hydrogens (tertiary/aromatic N) is 3. The molecule has 0 bridgehead atoms. The minimum absolute atomic E-state index is 0.788. The molecule has 0 aliphatic rings. The molecular weight excluding hydrogens is 288 g/mol. The van der Waals surface area contributed by atoms with Crippen LogP contribution in [-0.4, -0.2) is 27.5 Å². The number of methoxy groups -OCH3 is 1. The van der Waals surface area contributed by atoms with Crippen LogP contribution in [0.1, 0.15) is 0 Å². The molecule has 2 aromatic carbocycles. The van der Waals surface area contributed by atoms with Gasteiger partial charge in [-0.3, -0.25) is 4.98 Å². The molecule has 0 aliphatic carbocycles. The fraction of sp³-hybridized carbons (Fsp3) is 0.0556. The lowest BCUT2D eigenvalue weighted by molar-refractivity contribution is 0.415. The van der Waals surface area contributed by atoms with Crippen molar-refractivity contribution in [2.75, 3.05) is 7.11 Å². The maximum Gasteiger partial charge on any atom is 0.121 e. The molecule has 5 nitrogen and oxygen atoms in total. The van der Waals surface area contributed by atoms with E-state index in [0.29, 0.717) is 0 Å². The fourth-order valence-electron chi connectivity index (χ4n) is 2.69. The summed E-state index contributed by atoms with van der Waals surface area (Å²) in [6, 6.07) is 17.8. The first-order chi connectivity index (χ1) is 11.4. The van der Waals surface area contributed by atoms with Gasteiger partial charge in [-0.15, -0.1) is 0 Å².